The van der Waals surface area contributed by atoms with Crippen LogP contribution in [0.2, 0.25) is 0 Å². The van der Waals surface area contributed by atoms with E-state index in [0.29, 0.717) is 22.0 Å². The second-order valence-electron chi connectivity index (χ2n) is 19.3. The molecule has 16 heteroatoms. The van der Waals surface area contributed by atoms with E-state index in [1.54, 1.807) is 48.9 Å². The van der Waals surface area contributed by atoms with E-state index >= 15 is 4.79 Å². The molecule has 0 aliphatic carbocycles. The average Bonchev–Trinajstić information content (AvgIpc) is 3.98. The van der Waals surface area contributed by atoms with E-state index in [1.165, 1.54) is 28.0 Å². The summed E-state index contributed by atoms with van der Waals surface area (Å²) in [6, 6.07) is 65.1. The number of thiazole rings is 1. The number of methoxy groups -OCH3 is 1. The lowest BCUT2D eigenvalue weighted by Crippen LogP contribution is -2.71. The van der Waals surface area contributed by atoms with Crippen LogP contribution in [-0.4, -0.2) is 76.4 Å². The van der Waals surface area contributed by atoms with Gasteiger partial charge in [0.25, 0.3) is 11.8 Å². The second-order valence-corrected chi connectivity index (χ2v) is 21.2. The van der Waals surface area contributed by atoms with Crippen LogP contribution in [0, 0.1) is 0 Å². The molecule has 3 amide bonds. The Morgan fingerprint density at radius 3 is 1.70 bits per heavy atom. The van der Waals surface area contributed by atoms with Crippen LogP contribution in [0.4, 0.5) is 9.93 Å². The summed E-state index contributed by atoms with van der Waals surface area (Å²) in [5.41, 5.74) is 3.85. The van der Waals surface area contributed by atoms with Gasteiger partial charge in [0, 0.05) is 33.9 Å². The Kier molecular flexibility index (Phi) is 17.2. The van der Waals surface area contributed by atoms with Gasteiger partial charge in [-0.2, -0.15) is 0 Å². The number of β-lactam (4-membered cyclic amide) rings is 1. The third kappa shape index (κ3) is 11.9. The van der Waals surface area contributed by atoms with E-state index < -0.39 is 46.4 Å². The van der Waals surface area contributed by atoms with Gasteiger partial charge in [-0.15, -0.1) is 23.1 Å². The smallest absolute Gasteiger partial charge is 0.407 e. The molecule has 0 radical (unpaired) electrons. The van der Waals surface area contributed by atoms with Gasteiger partial charge in [-0.05, 0) is 59.9 Å². The first-order valence-corrected chi connectivity index (χ1v) is 28.2. The van der Waals surface area contributed by atoms with Gasteiger partial charge in [0.2, 0.25) is 5.60 Å². The Hall–Kier alpha value is -9.25. The number of hydrogen-bond donors (Lipinski definition) is 3. The standard InChI is InChI=1S/C65H58N6O8S2/c1-44(2)66-63(75)77-40-22-23-46-42-80-60-56(59(73)71(60)57(46)61(74)78-41-45-36-38-53(76-3)39-37-45)68-58(72)55(70-79-65(50-30-16-7-17-31-50,51-32-18-8-19-33-51)52-34-20-9-21-35-52)54-43-81-62(67-54)69-64(47-24-10-4-11-25-47,48-26-12-5-13-27-48)49-28-14-6-15-29-49/h4-39,43-44,56,60H,40-42H2,1-3H3,(H,66,75)(H,67,69)(H,68,72)/t56?,60-/m0/s1. The lowest BCUT2D eigenvalue weighted by molar-refractivity contribution is -0.153. The summed E-state index contributed by atoms with van der Waals surface area (Å²) in [5, 5.41) is 15.8. The minimum Gasteiger partial charge on any atom is -0.497 e. The van der Waals surface area contributed by atoms with Crippen molar-refractivity contribution in [1.82, 2.24) is 20.5 Å². The van der Waals surface area contributed by atoms with Crippen LogP contribution in [0.1, 0.15) is 58.5 Å². The minimum absolute atomic E-state index is 0.00943. The number of hydrogen-bond acceptors (Lipinski definition) is 13. The molecular formula is C65H58N6O8S2. The lowest BCUT2D eigenvalue weighted by Gasteiger charge is -2.49. The van der Waals surface area contributed by atoms with Crippen LogP contribution in [0.5, 0.6) is 5.75 Å². The van der Waals surface area contributed by atoms with Crippen molar-refractivity contribution < 1.29 is 38.2 Å². The zero-order valence-corrected chi connectivity index (χ0v) is 46.3. The molecule has 1 fully saturated rings. The minimum atomic E-state index is -1.39. The van der Waals surface area contributed by atoms with E-state index in [2.05, 4.69) is 52.3 Å². The first-order valence-electron chi connectivity index (χ1n) is 26.3. The Morgan fingerprint density at radius 1 is 0.704 bits per heavy atom. The van der Waals surface area contributed by atoms with Crippen molar-refractivity contribution in [3.05, 3.63) is 280 Å². The maximum Gasteiger partial charge on any atom is 0.407 e. The number of rotatable bonds is 21. The summed E-state index contributed by atoms with van der Waals surface area (Å²) in [5.74, 6) is -1.16. The van der Waals surface area contributed by atoms with Crippen LogP contribution in [0.3, 0.4) is 0 Å². The van der Waals surface area contributed by atoms with Gasteiger partial charge in [-0.25, -0.2) is 14.6 Å². The molecule has 0 saturated carbocycles. The fourth-order valence-corrected chi connectivity index (χ4v) is 11.9. The maximum absolute atomic E-state index is 15.4. The number of carbonyl (C=O) groups is 4. The Balaban J connectivity index is 1.03. The molecule has 0 bridgehead atoms. The Labute approximate surface area is 478 Å². The Bertz CT molecular complexity index is 3360. The molecule has 2 atom stereocenters. The maximum atomic E-state index is 15.4. The number of fused-ring (bicyclic) bond motifs is 1. The monoisotopic (exact) mass is 1110 g/mol. The molecule has 7 aromatic carbocycles. The number of esters is 1. The average molecular weight is 1120 g/mol. The fraction of sp³-hybridized carbons (Fsp3) is 0.169. The van der Waals surface area contributed by atoms with Gasteiger partial charge in [0.15, 0.2) is 10.8 Å². The lowest BCUT2D eigenvalue weighted by atomic mass is 9.77. The van der Waals surface area contributed by atoms with E-state index in [9.17, 15) is 14.4 Å². The molecule has 1 unspecified atom stereocenters. The number of nitrogens with zero attached hydrogens (tertiary/aromatic N) is 3. The molecule has 1 saturated heterocycles. The van der Waals surface area contributed by atoms with Gasteiger partial charge in [-0.1, -0.05) is 205 Å². The van der Waals surface area contributed by atoms with Crippen molar-refractivity contribution in [2.45, 2.75) is 49.1 Å². The van der Waals surface area contributed by atoms with Crippen LogP contribution in [-0.2, 0) is 46.4 Å². The number of nitrogens with one attached hydrogen (secondary N) is 3. The number of anilines is 1. The number of carbonyl (C=O) groups excluding carboxylic acids is 4. The first kappa shape index (κ1) is 55.1. The van der Waals surface area contributed by atoms with Crippen molar-refractivity contribution in [3.8, 4) is 5.75 Å². The highest BCUT2D eigenvalue weighted by atomic mass is 32.2. The van der Waals surface area contributed by atoms with Crippen LogP contribution >= 0.6 is 23.1 Å². The molecule has 2 aliphatic rings. The van der Waals surface area contributed by atoms with Gasteiger partial charge in [-0.3, -0.25) is 14.5 Å². The fourth-order valence-electron chi connectivity index (χ4n) is 9.88. The van der Waals surface area contributed by atoms with E-state index in [0.717, 1.165) is 33.4 Å². The number of ether oxygens (including phenoxy) is 3. The molecule has 3 N–H and O–H groups in total. The highest BCUT2D eigenvalue weighted by molar-refractivity contribution is 8.00. The summed E-state index contributed by atoms with van der Waals surface area (Å²) in [6.45, 7) is 3.45. The van der Waals surface area contributed by atoms with Gasteiger partial charge in [0.05, 0.1) is 7.11 Å². The van der Waals surface area contributed by atoms with E-state index in [-0.39, 0.29) is 42.1 Å². The van der Waals surface area contributed by atoms with Crippen molar-refractivity contribution >= 4 is 57.8 Å². The normalized spacial score (nSPS) is 15.3. The zero-order valence-electron chi connectivity index (χ0n) is 44.6. The van der Waals surface area contributed by atoms with Crippen molar-refractivity contribution in [3.63, 3.8) is 0 Å². The summed E-state index contributed by atoms with van der Waals surface area (Å²) in [7, 11) is 1.56. The number of aromatic nitrogens is 1. The highest BCUT2D eigenvalue weighted by Gasteiger charge is 2.55. The number of amides is 3. The van der Waals surface area contributed by atoms with E-state index in [1.807, 2.05) is 159 Å². The molecule has 1 aromatic heterocycles. The predicted molar refractivity (Wildman–Crippen MR) is 315 cm³/mol. The molecule has 408 valence electrons. The van der Waals surface area contributed by atoms with Crippen molar-refractivity contribution in [2.24, 2.45) is 5.16 Å². The van der Waals surface area contributed by atoms with E-state index in [4.69, 9.17) is 29.2 Å². The molecule has 10 rings (SSSR count). The molecule has 14 nitrogen and oxygen atoms in total. The number of oxime groups is 1. The van der Waals surface area contributed by atoms with Crippen LogP contribution in [0.25, 0.3) is 0 Å². The third-order valence-corrected chi connectivity index (χ3v) is 15.8. The topological polar surface area (TPSA) is 170 Å². The Morgan fingerprint density at radius 2 is 1.21 bits per heavy atom. The number of benzene rings is 7. The zero-order chi connectivity index (χ0) is 56.2. The third-order valence-electron chi connectivity index (χ3n) is 13.7. The summed E-state index contributed by atoms with van der Waals surface area (Å²) >= 11 is 2.64. The second kappa shape index (κ2) is 25.3. The molecule has 81 heavy (non-hydrogen) atoms. The molecule has 0 spiro atoms. The van der Waals surface area contributed by atoms with Crippen molar-refractivity contribution in [1.29, 1.82) is 0 Å². The quantitative estimate of drug-likeness (QED) is 0.0206. The van der Waals surface area contributed by atoms with Crippen LogP contribution < -0.4 is 20.7 Å². The summed E-state index contributed by atoms with van der Waals surface area (Å²) < 4.78 is 16.5. The predicted octanol–water partition coefficient (Wildman–Crippen LogP) is 11.4. The van der Waals surface area contributed by atoms with Gasteiger partial charge in [0.1, 0.15) is 47.3 Å². The molecule has 2 aliphatic heterocycles. The van der Waals surface area contributed by atoms with Crippen LogP contribution in [0.15, 0.2) is 240 Å². The molecule has 3 heterocycles. The number of thioether (sulfide) groups is 1. The van der Waals surface area contributed by atoms with Gasteiger partial charge < -0.3 is 35.0 Å². The first-order chi connectivity index (χ1) is 39.6. The highest BCUT2D eigenvalue weighted by Crippen LogP contribution is 2.44. The SMILES string of the molecule is COc1ccc(COC(=O)C2=C(C=CCOC(=O)NC(C)C)CS[C@H]3C(NC(=O)C(=NOC(c4ccccc4)(c4ccccc4)c4ccccc4)c4csc(NC(c5ccccc5)(c5ccccc5)c5ccccc5)n4)C(=O)N23)cc1. The van der Waals surface area contributed by atoms with Crippen molar-refractivity contribution in [2.75, 3.05) is 24.8 Å². The molecular weight excluding hydrogens is 1060 g/mol. The number of alkyl carbamates (subject to hydrolysis) is 1. The largest absolute Gasteiger partial charge is 0.497 e. The van der Waals surface area contributed by atoms with Gasteiger partial charge >= 0.3 is 12.1 Å². The number of allylic oxidation sites excluding steroid dienone is 1. The summed E-state index contributed by atoms with van der Waals surface area (Å²) in [4.78, 5) is 70.1. The summed E-state index contributed by atoms with van der Waals surface area (Å²) in [6.07, 6.45) is 2.65. The molecule has 8 aromatic rings.